The fourth-order valence-corrected chi connectivity index (χ4v) is 4.22. The molecule has 5 heteroatoms. The molecule has 1 aliphatic carbocycles. The Morgan fingerprint density at radius 1 is 1.03 bits per heavy atom. The van der Waals surface area contributed by atoms with Crippen LogP contribution in [-0.2, 0) is 28.9 Å². The van der Waals surface area contributed by atoms with Crippen LogP contribution < -0.4 is 5.32 Å². The van der Waals surface area contributed by atoms with Gasteiger partial charge < -0.3 is 15.5 Å². The zero-order valence-electron chi connectivity index (χ0n) is 18.4. The van der Waals surface area contributed by atoms with Crippen LogP contribution in [0.3, 0.4) is 0 Å². The summed E-state index contributed by atoms with van der Waals surface area (Å²) in [6.07, 6.45) is 1.69. The van der Waals surface area contributed by atoms with Gasteiger partial charge in [0.05, 0.1) is 6.04 Å². The molecule has 0 saturated heterocycles. The van der Waals surface area contributed by atoms with Crippen LogP contribution in [0.15, 0.2) is 48.5 Å². The number of Topliss-reactive ketones (excluding diaryl/α,β-unsaturated/α-hetero) is 1. The van der Waals surface area contributed by atoms with Gasteiger partial charge in [0.25, 0.3) is 5.91 Å². The molecule has 1 amide bonds. The molecule has 0 saturated carbocycles. The minimum atomic E-state index is -1.78. The highest BCUT2D eigenvalue weighted by molar-refractivity contribution is 5.93. The number of hydrogen-bond acceptors (Lipinski definition) is 4. The highest BCUT2D eigenvalue weighted by Crippen LogP contribution is 2.27. The minimum absolute atomic E-state index is 0.341. The molecule has 1 aliphatic rings. The molecule has 0 heterocycles. The zero-order valence-corrected chi connectivity index (χ0v) is 18.4. The molecule has 4 atom stereocenters. The van der Waals surface area contributed by atoms with E-state index in [2.05, 4.69) is 12.2 Å². The SMILES string of the molecule is CCCCc1ccc([C@H](C)NC(=O)[C@H](O)[C@@H](O)C(=O)C2CCc3ccccc3C2)cc1. The Kier molecular flexibility index (Phi) is 7.99. The molecule has 0 radical (unpaired) electrons. The number of amides is 1. The number of carbonyl (C=O) groups excluding carboxylic acids is 2. The first-order chi connectivity index (χ1) is 14.9. The maximum Gasteiger partial charge on any atom is 0.252 e. The van der Waals surface area contributed by atoms with Crippen LogP contribution in [0.1, 0.15) is 61.4 Å². The van der Waals surface area contributed by atoms with Gasteiger partial charge in [-0.15, -0.1) is 0 Å². The first kappa shape index (κ1) is 23.2. The number of carbonyl (C=O) groups is 2. The molecule has 0 fully saturated rings. The highest BCUT2D eigenvalue weighted by Gasteiger charge is 2.36. The van der Waals surface area contributed by atoms with Crippen LogP contribution in [0.5, 0.6) is 0 Å². The summed E-state index contributed by atoms with van der Waals surface area (Å²) < 4.78 is 0. The van der Waals surface area contributed by atoms with E-state index >= 15 is 0 Å². The molecule has 2 aromatic rings. The van der Waals surface area contributed by atoms with Gasteiger partial charge in [-0.05, 0) is 61.3 Å². The number of aliphatic hydroxyl groups is 2. The van der Waals surface area contributed by atoms with Gasteiger partial charge in [0.1, 0.15) is 6.10 Å². The second kappa shape index (κ2) is 10.7. The molecule has 5 nitrogen and oxygen atoms in total. The van der Waals surface area contributed by atoms with Gasteiger partial charge in [0, 0.05) is 5.92 Å². The average molecular weight is 424 g/mol. The number of rotatable bonds is 9. The monoisotopic (exact) mass is 423 g/mol. The topological polar surface area (TPSA) is 86.6 Å². The summed E-state index contributed by atoms with van der Waals surface area (Å²) in [5.41, 5.74) is 4.47. The van der Waals surface area contributed by atoms with Crippen molar-refractivity contribution < 1.29 is 19.8 Å². The lowest BCUT2D eigenvalue weighted by Crippen LogP contribution is -2.48. The van der Waals surface area contributed by atoms with Crippen molar-refractivity contribution in [2.24, 2.45) is 5.92 Å². The van der Waals surface area contributed by atoms with Crippen molar-refractivity contribution in [1.29, 1.82) is 0 Å². The van der Waals surface area contributed by atoms with Gasteiger partial charge in [-0.25, -0.2) is 0 Å². The Balaban J connectivity index is 1.55. The molecule has 1 unspecified atom stereocenters. The van der Waals surface area contributed by atoms with Gasteiger partial charge in [-0.1, -0.05) is 61.9 Å². The van der Waals surface area contributed by atoms with Crippen molar-refractivity contribution in [2.45, 2.75) is 70.6 Å². The largest absolute Gasteiger partial charge is 0.382 e. The number of nitrogens with one attached hydrogen (secondary N) is 1. The summed E-state index contributed by atoms with van der Waals surface area (Å²) in [6, 6.07) is 15.6. The summed E-state index contributed by atoms with van der Waals surface area (Å²) in [5.74, 6) is -1.59. The Bertz CT molecular complexity index is 893. The Hall–Kier alpha value is -2.50. The molecular weight excluding hydrogens is 390 g/mol. The summed E-state index contributed by atoms with van der Waals surface area (Å²) in [5, 5.41) is 23.4. The molecule has 3 rings (SSSR count). The molecule has 0 aliphatic heterocycles. The van der Waals surface area contributed by atoms with Crippen molar-refractivity contribution in [3.63, 3.8) is 0 Å². The fraction of sp³-hybridized carbons (Fsp3) is 0.462. The van der Waals surface area contributed by atoms with E-state index in [1.54, 1.807) is 0 Å². The van der Waals surface area contributed by atoms with E-state index in [0.29, 0.717) is 12.8 Å². The van der Waals surface area contributed by atoms with Gasteiger partial charge in [0.2, 0.25) is 0 Å². The first-order valence-corrected chi connectivity index (χ1v) is 11.3. The van der Waals surface area contributed by atoms with Gasteiger partial charge >= 0.3 is 0 Å². The smallest absolute Gasteiger partial charge is 0.252 e. The van der Waals surface area contributed by atoms with Crippen LogP contribution in [0.4, 0.5) is 0 Å². The number of ketones is 1. The number of aryl methyl sites for hydroxylation is 2. The van der Waals surface area contributed by atoms with Gasteiger partial charge in [-0.2, -0.15) is 0 Å². The van der Waals surface area contributed by atoms with E-state index < -0.39 is 23.9 Å². The van der Waals surface area contributed by atoms with Crippen LogP contribution >= 0.6 is 0 Å². The van der Waals surface area contributed by atoms with Crippen molar-refractivity contribution in [1.82, 2.24) is 5.32 Å². The number of unbranched alkanes of at least 4 members (excludes halogenated alkanes) is 1. The second-order valence-corrected chi connectivity index (χ2v) is 8.58. The van der Waals surface area contributed by atoms with Crippen LogP contribution in [-0.4, -0.2) is 34.1 Å². The Labute approximate surface area is 184 Å². The molecule has 0 bridgehead atoms. The summed E-state index contributed by atoms with van der Waals surface area (Å²) >= 11 is 0. The molecule has 0 aromatic heterocycles. The molecule has 166 valence electrons. The van der Waals surface area contributed by atoms with E-state index in [1.807, 2.05) is 55.5 Å². The lowest BCUT2D eigenvalue weighted by atomic mass is 9.80. The predicted molar refractivity (Wildman–Crippen MR) is 121 cm³/mol. The number of benzene rings is 2. The third-order valence-electron chi connectivity index (χ3n) is 6.27. The number of hydrogen-bond donors (Lipinski definition) is 3. The normalized spacial score (nSPS) is 18.5. The van der Waals surface area contributed by atoms with E-state index in [4.69, 9.17) is 0 Å². The van der Waals surface area contributed by atoms with Gasteiger partial charge in [0.15, 0.2) is 11.9 Å². The Morgan fingerprint density at radius 2 is 1.71 bits per heavy atom. The average Bonchev–Trinajstić information content (AvgIpc) is 2.81. The van der Waals surface area contributed by atoms with E-state index in [9.17, 15) is 19.8 Å². The number of aliphatic hydroxyl groups excluding tert-OH is 2. The van der Waals surface area contributed by atoms with Crippen LogP contribution in [0.25, 0.3) is 0 Å². The van der Waals surface area contributed by atoms with Gasteiger partial charge in [-0.3, -0.25) is 9.59 Å². The lowest BCUT2D eigenvalue weighted by Gasteiger charge is -2.27. The minimum Gasteiger partial charge on any atom is -0.382 e. The molecule has 0 spiro atoms. The first-order valence-electron chi connectivity index (χ1n) is 11.3. The van der Waals surface area contributed by atoms with Crippen molar-refractivity contribution in [2.75, 3.05) is 0 Å². The quantitative estimate of drug-likeness (QED) is 0.578. The van der Waals surface area contributed by atoms with E-state index in [1.165, 1.54) is 11.1 Å². The number of fused-ring (bicyclic) bond motifs is 1. The highest BCUT2D eigenvalue weighted by atomic mass is 16.3. The molecule has 3 N–H and O–H groups in total. The zero-order chi connectivity index (χ0) is 22.4. The summed E-state index contributed by atoms with van der Waals surface area (Å²) in [4.78, 5) is 25.2. The standard InChI is InChI=1S/C26H33NO4/c1-3-4-7-18-10-12-19(13-11-18)17(2)27-26(31)25(30)24(29)23(28)22-15-14-20-8-5-6-9-21(20)16-22/h5-6,8-13,17,22,24-25,29-30H,3-4,7,14-16H2,1-2H3,(H,27,31)/t17-,22?,24-,25+/m0/s1. The molecular formula is C26H33NO4. The predicted octanol–water partition coefficient (Wildman–Crippen LogP) is 3.30. The lowest BCUT2D eigenvalue weighted by molar-refractivity contribution is -0.147. The van der Waals surface area contributed by atoms with E-state index in [0.717, 1.165) is 36.8 Å². The van der Waals surface area contributed by atoms with Crippen LogP contribution in [0.2, 0.25) is 0 Å². The van der Waals surface area contributed by atoms with E-state index in [-0.39, 0.29) is 12.0 Å². The summed E-state index contributed by atoms with van der Waals surface area (Å²) in [6.45, 7) is 3.97. The van der Waals surface area contributed by atoms with Crippen LogP contribution in [0, 0.1) is 5.92 Å². The third kappa shape index (κ3) is 5.81. The maximum atomic E-state index is 12.7. The third-order valence-corrected chi connectivity index (χ3v) is 6.27. The molecule has 31 heavy (non-hydrogen) atoms. The summed E-state index contributed by atoms with van der Waals surface area (Å²) in [7, 11) is 0. The molecule has 2 aromatic carbocycles. The Morgan fingerprint density at radius 3 is 2.39 bits per heavy atom. The fourth-order valence-electron chi connectivity index (χ4n) is 4.22. The second-order valence-electron chi connectivity index (χ2n) is 8.58. The maximum absolute atomic E-state index is 12.7. The van der Waals surface area contributed by atoms with Crippen molar-refractivity contribution in [3.05, 3.63) is 70.8 Å². The van der Waals surface area contributed by atoms with Crippen molar-refractivity contribution in [3.8, 4) is 0 Å². The van der Waals surface area contributed by atoms with Crippen molar-refractivity contribution >= 4 is 11.7 Å².